The van der Waals surface area contributed by atoms with Gasteiger partial charge in [0.25, 0.3) is 5.56 Å². The number of carbonyl (C=O) groups is 1. The fraction of sp³-hybridized carbons (Fsp3) is 0.200. The third-order valence-corrected chi connectivity index (χ3v) is 5.85. The Hall–Kier alpha value is -3.80. The van der Waals surface area contributed by atoms with Crippen molar-refractivity contribution in [2.75, 3.05) is 11.4 Å². The van der Waals surface area contributed by atoms with Gasteiger partial charge in [-0.15, -0.1) is 0 Å². The molecule has 154 valence electrons. The predicted molar refractivity (Wildman–Crippen MR) is 121 cm³/mol. The van der Waals surface area contributed by atoms with Crippen LogP contribution in [0.2, 0.25) is 0 Å². The van der Waals surface area contributed by atoms with Gasteiger partial charge in [-0.25, -0.2) is 4.98 Å². The monoisotopic (exact) mass is 410 g/mol. The summed E-state index contributed by atoms with van der Waals surface area (Å²) in [5.41, 5.74) is 1.52. The van der Waals surface area contributed by atoms with Gasteiger partial charge in [-0.1, -0.05) is 36.4 Å². The number of aromatic nitrogens is 3. The standard InChI is InChI=1S/C25H22N4O2/c1-25(2)16-28-23(31)14-21(18-9-11-26-12-10-18)27-24(28)29(25)15-22(30)20-8-7-17-5-3-4-6-19(17)13-20/h3-14H,15-16H2,1-2H3. The Labute approximate surface area is 179 Å². The zero-order chi connectivity index (χ0) is 21.6. The summed E-state index contributed by atoms with van der Waals surface area (Å²) in [4.78, 5) is 36.8. The molecule has 2 aromatic heterocycles. The molecule has 0 N–H and O–H groups in total. The van der Waals surface area contributed by atoms with Gasteiger partial charge >= 0.3 is 0 Å². The molecule has 0 saturated heterocycles. The van der Waals surface area contributed by atoms with E-state index in [4.69, 9.17) is 4.98 Å². The van der Waals surface area contributed by atoms with Gasteiger partial charge in [0.05, 0.1) is 24.3 Å². The number of carbonyl (C=O) groups excluding carboxylic acids is 1. The number of hydrogen-bond acceptors (Lipinski definition) is 5. The molecule has 0 saturated carbocycles. The number of nitrogens with zero attached hydrogens (tertiary/aromatic N) is 4. The first-order valence-electron chi connectivity index (χ1n) is 10.2. The molecular weight excluding hydrogens is 388 g/mol. The van der Waals surface area contributed by atoms with E-state index in [0.29, 0.717) is 23.8 Å². The second-order valence-corrected chi connectivity index (χ2v) is 8.49. The number of anilines is 1. The minimum Gasteiger partial charge on any atom is -0.328 e. The van der Waals surface area contributed by atoms with Crippen molar-refractivity contribution in [2.45, 2.75) is 25.9 Å². The van der Waals surface area contributed by atoms with Crippen LogP contribution in [0, 0.1) is 0 Å². The summed E-state index contributed by atoms with van der Waals surface area (Å²) < 4.78 is 1.65. The minimum absolute atomic E-state index is 0.00385. The highest BCUT2D eigenvalue weighted by Gasteiger charge is 2.39. The van der Waals surface area contributed by atoms with Crippen LogP contribution in [0.15, 0.2) is 77.9 Å². The quantitative estimate of drug-likeness (QED) is 0.477. The van der Waals surface area contributed by atoms with Crippen molar-refractivity contribution in [3.63, 3.8) is 0 Å². The van der Waals surface area contributed by atoms with Crippen LogP contribution in [-0.2, 0) is 6.54 Å². The van der Waals surface area contributed by atoms with Gasteiger partial charge in [-0.05, 0) is 42.8 Å². The van der Waals surface area contributed by atoms with Crippen LogP contribution in [0.25, 0.3) is 22.0 Å². The average molecular weight is 410 g/mol. The molecule has 1 aliphatic heterocycles. The van der Waals surface area contributed by atoms with Crippen LogP contribution in [0.3, 0.4) is 0 Å². The molecule has 6 nitrogen and oxygen atoms in total. The van der Waals surface area contributed by atoms with Gasteiger partial charge in [-0.2, -0.15) is 0 Å². The SMILES string of the molecule is CC1(C)Cn2c(nc(-c3ccncc3)cc2=O)N1CC(=O)c1ccc2ccccc2c1. The van der Waals surface area contributed by atoms with Crippen LogP contribution >= 0.6 is 0 Å². The summed E-state index contributed by atoms with van der Waals surface area (Å²) in [6.45, 7) is 4.69. The zero-order valence-electron chi connectivity index (χ0n) is 17.4. The van der Waals surface area contributed by atoms with Crippen molar-refractivity contribution in [1.82, 2.24) is 14.5 Å². The predicted octanol–water partition coefficient (Wildman–Crippen LogP) is 3.94. The van der Waals surface area contributed by atoms with Crippen LogP contribution in [0.1, 0.15) is 24.2 Å². The molecule has 3 heterocycles. The Morgan fingerprint density at radius 3 is 2.52 bits per heavy atom. The smallest absolute Gasteiger partial charge is 0.255 e. The van der Waals surface area contributed by atoms with Crippen LogP contribution in [0.4, 0.5) is 5.95 Å². The first-order valence-corrected chi connectivity index (χ1v) is 10.2. The van der Waals surface area contributed by atoms with Crippen molar-refractivity contribution in [1.29, 1.82) is 0 Å². The van der Waals surface area contributed by atoms with Crippen molar-refractivity contribution in [3.8, 4) is 11.3 Å². The number of pyridine rings is 1. The molecular formula is C25H22N4O2. The van der Waals surface area contributed by atoms with E-state index in [1.807, 2.05) is 73.3 Å². The maximum atomic E-state index is 13.2. The van der Waals surface area contributed by atoms with Crippen molar-refractivity contribution in [3.05, 3.63) is 89.0 Å². The van der Waals surface area contributed by atoms with Crippen LogP contribution < -0.4 is 10.5 Å². The third kappa shape index (κ3) is 3.40. The number of hydrogen-bond donors (Lipinski definition) is 0. The molecule has 4 aromatic rings. The highest BCUT2D eigenvalue weighted by atomic mass is 16.1. The first-order chi connectivity index (χ1) is 14.9. The maximum absolute atomic E-state index is 13.2. The molecule has 0 aliphatic carbocycles. The summed E-state index contributed by atoms with van der Waals surface area (Å²) in [5, 5.41) is 2.13. The van der Waals surface area contributed by atoms with Crippen molar-refractivity contribution < 1.29 is 4.79 Å². The van der Waals surface area contributed by atoms with Crippen LogP contribution in [0.5, 0.6) is 0 Å². The van der Waals surface area contributed by atoms with E-state index < -0.39 is 5.54 Å². The van der Waals surface area contributed by atoms with E-state index in [0.717, 1.165) is 16.3 Å². The van der Waals surface area contributed by atoms with Gasteiger partial charge in [0, 0.05) is 29.6 Å². The van der Waals surface area contributed by atoms with E-state index in [2.05, 4.69) is 4.98 Å². The number of ketones is 1. The summed E-state index contributed by atoms with van der Waals surface area (Å²) >= 11 is 0. The topological polar surface area (TPSA) is 68.1 Å². The molecule has 5 rings (SSSR count). The molecule has 0 fully saturated rings. The lowest BCUT2D eigenvalue weighted by molar-refractivity contribution is 0.0994. The van der Waals surface area contributed by atoms with Gasteiger partial charge in [0.15, 0.2) is 5.78 Å². The van der Waals surface area contributed by atoms with Gasteiger partial charge < -0.3 is 4.90 Å². The molecule has 31 heavy (non-hydrogen) atoms. The Bertz CT molecular complexity index is 1360. The maximum Gasteiger partial charge on any atom is 0.255 e. The lowest BCUT2D eigenvalue weighted by Crippen LogP contribution is -2.44. The van der Waals surface area contributed by atoms with E-state index in [1.165, 1.54) is 0 Å². The number of rotatable bonds is 4. The Morgan fingerprint density at radius 2 is 1.74 bits per heavy atom. The first kappa shape index (κ1) is 19.2. The van der Waals surface area contributed by atoms with E-state index in [1.54, 1.807) is 23.0 Å². The van der Waals surface area contributed by atoms with Gasteiger partial charge in [0.2, 0.25) is 5.95 Å². The highest BCUT2D eigenvalue weighted by molar-refractivity contribution is 6.02. The molecule has 0 amide bonds. The minimum atomic E-state index is -0.414. The molecule has 0 radical (unpaired) electrons. The molecule has 6 heteroatoms. The summed E-state index contributed by atoms with van der Waals surface area (Å²) in [6.07, 6.45) is 3.35. The summed E-state index contributed by atoms with van der Waals surface area (Å²) in [6, 6.07) is 18.9. The normalized spacial score (nSPS) is 14.6. The molecule has 0 unspecified atom stereocenters. The van der Waals surface area contributed by atoms with Crippen molar-refractivity contribution >= 4 is 22.5 Å². The van der Waals surface area contributed by atoms with Gasteiger partial charge in [0.1, 0.15) is 0 Å². The van der Waals surface area contributed by atoms with E-state index in [9.17, 15) is 9.59 Å². The number of benzene rings is 2. The summed E-state index contributed by atoms with van der Waals surface area (Å²) in [7, 11) is 0. The Balaban J connectivity index is 1.53. The molecule has 1 aliphatic rings. The lowest BCUT2D eigenvalue weighted by Gasteiger charge is -2.31. The molecule has 0 spiro atoms. The molecule has 0 atom stereocenters. The zero-order valence-corrected chi connectivity index (χ0v) is 17.4. The third-order valence-electron chi connectivity index (χ3n) is 5.85. The molecule has 2 aromatic carbocycles. The van der Waals surface area contributed by atoms with Crippen molar-refractivity contribution in [2.24, 2.45) is 0 Å². The fourth-order valence-corrected chi connectivity index (χ4v) is 4.14. The highest BCUT2D eigenvalue weighted by Crippen LogP contribution is 2.32. The van der Waals surface area contributed by atoms with E-state index >= 15 is 0 Å². The Morgan fingerprint density at radius 1 is 1.00 bits per heavy atom. The second kappa shape index (κ2) is 7.16. The summed E-state index contributed by atoms with van der Waals surface area (Å²) in [5.74, 6) is 0.522. The molecule has 0 bridgehead atoms. The number of fused-ring (bicyclic) bond motifs is 2. The van der Waals surface area contributed by atoms with Gasteiger partial charge in [-0.3, -0.25) is 19.1 Å². The largest absolute Gasteiger partial charge is 0.328 e. The fourth-order valence-electron chi connectivity index (χ4n) is 4.14. The number of Topliss-reactive ketones (excluding diaryl/α,β-unsaturated/α-hetero) is 1. The second-order valence-electron chi connectivity index (χ2n) is 8.49. The van der Waals surface area contributed by atoms with Crippen LogP contribution in [-0.4, -0.2) is 32.4 Å². The Kier molecular flexibility index (Phi) is 4.43. The average Bonchev–Trinajstić information content (AvgIpc) is 3.04. The van der Waals surface area contributed by atoms with E-state index in [-0.39, 0.29) is 17.9 Å². The lowest BCUT2D eigenvalue weighted by atomic mass is 10.0.